The molecule has 1 aromatic rings. The molecule has 2 N–H and O–H groups in total. The van der Waals surface area contributed by atoms with Crippen LogP contribution in [0.4, 0.5) is 10.1 Å². The number of hydrogen-bond donors (Lipinski definition) is 1. The Bertz CT molecular complexity index is 534. The first-order valence-corrected chi connectivity index (χ1v) is 7.53. The SMILES string of the molecule is CN1C2CCC1CN(c1ccc(C(N)=S)cc1F)CC2. The number of halogens is 1. The maximum absolute atomic E-state index is 14.3. The number of benzene rings is 1. The number of rotatable bonds is 2. The number of nitrogens with two attached hydrogens (primary N) is 1. The van der Waals surface area contributed by atoms with Crippen molar-refractivity contribution < 1.29 is 4.39 Å². The van der Waals surface area contributed by atoms with Crippen molar-refractivity contribution in [2.45, 2.75) is 31.3 Å². The van der Waals surface area contributed by atoms with E-state index in [1.807, 2.05) is 12.1 Å². The van der Waals surface area contributed by atoms with Crippen molar-refractivity contribution in [2.24, 2.45) is 5.73 Å². The van der Waals surface area contributed by atoms with Crippen LogP contribution < -0.4 is 10.6 Å². The predicted octanol–water partition coefficient (Wildman–Crippen LogP) is 2.13. The molecule has 1 aromatic carbocycles. The van der Waals surface area contributed by atoms with Crippen LogP contribution in [0.5, 0.6) is 0 Å². The first-order valence-electron chi connectivity index (χ1n) is 7.12. The molecule has 2 atom stereocenters. The van der Waals surface area contributed by atoms with E-state index in [2.05, 4.69) is 16.8 Å². The average Bonchev–Trinajstić information content (AvgIpc) is 2.64. The van der Waals surface area contributed by atoms with E-state index in [0.717, 1.165) is 19.5 Å². The molecule has 5 heteroatoms. The van der Waals surface area contributed by atoms with Crippen LogP contribution in [0.3, 0.4) is 0 Å². The molecule has 2 aliphatic rings. The van der Waals surface area contributed by atoms with Gasteiger partial charge in [-0.3, -0.25) is 4.90 Å². The summed E-state index contributed by atoms with van der Waals surface area (Å²) in [5, 5.41) is 0. The van der Waals surface area contributed by atoms with Gasteiger partial charge in [0.1, 0.15) is 10.8 Å². The zero-order valence-electron chi connectivity index (χ0n) is 11.7. The molecule has 2 fully saturated rings. The second-order valence-electron chi connectivity index (χ2n) is 5.82. The number of hydrogen-bond acceptors (Lipinski definition) is 3. The fourth-order valence-electron chi connectivity index (χ4n) is 3.44. The maximum atomic E-state index is 14.3. The fraction of sp³-hybridized carbons (Fsp3) is 0.533. The highest BCUT2D eigenvalue weighted by molar-refractivity contribution is 7.80. The van der Waals surface area contributed by atoms with Gasteiger partial charge in [-0.05, 0) is 44.5 Å². The Morgan fingerprint density at radius 2 is 2.05 bits per heavy atom. The molecule has 2 aliphatic heterocycles. The molecule has 2 heterocycles. The van der Waals surface area contributed by atoms with Crippen molar-refractivity contribution in [1.82, 2.24) is 4.90 Å². The smallest absolute Gasteiger partial charge is 0.147 e. The third-order valence-corrected chi connectivity index (χ3v) is 4.96. The molecular formula is C15H20FN3S. The zero-order valence-corrected chi connectivity index (χ0v) is 12.5. The monoisotopic (exact) mass is 293 g/mol. The van der Waals surface area contributed by atoms with E-state index in [1.54, 1.807) is 0 Å². The van der Waals surface area contributed by atoms with Gasteiger partial charge in [0.05, 0.1) is 5.69 Å². The van der Waals surface area contributed by atoms with Gasteiger partial charge in [-0.15, -0.1) is 0 Å². The van der Waals surface area contributed by atoms with E-state index in [-0.39, 0.29) is 10.8 Å². The molecule has 0 amide bonds. The Morgan fingerprint density at radius 3 is 2.75 bits per heavy atom. The van der Waals surface area contributed by atoms with Crippen molar-refractivity contribution in [2.75, 3.05) is 25.0 Å². The second-order valence-corrected chi connectivity index (χ2v) is 6.26. The number of anilines is 1. The maximum Gasteiger partial charge on any atom is 0.147 e. The summed E-state index contributed by atoms with van der Waals surface area (Å²) in [6.45, 7) is 1.81. The summed E-state index contributed by atoms with van der Waals surface area (Å²) < 4.78 is 14.3. The minimum absolute atomic E-state index is 0.226. The average molecular weight is 293 g/mol. The van der Waals surface area contributed by atoms with E-state index >= 15 is 0 Å². The lowest BCUT2D eigenvalue weighted by atomic mass is 10.1. The van der Waals surface area contributed by atoms with Crippen LogP contribution in [0.25, 0.3) is 0 Å². The van der Waals surface area contributed by atoms with Gasteiger partial charge in [0.15, 0.2) is 0 Å². The summed E-state index contributed by atoms with van der Waals surface area (Å²) in [6.07, 6.45) is 3.59. The van der Waals surface area contributed by atoms with Crippen LogP contribution in [0, 0.1) is 5.82 Å². The largest absolute Gasteiger partial charge is 0.389 e. The van der Waals surface area contributed by atoms with Crippen molar-refractivity contribution in [3.05, 3.63) is 29.6 Å². The Balaban J connectivity index is 1.84. The lowest BCUT2D eigenvalue weighted by Gasteiger charge is -2.28. The van der Waals surface area contributed by atoms with Crippen LogP contribution in [-0.2, 0) is 0 Å². The summed E-state index contributed by atoms with van der Waals surface area (Å²) in [5.74, 6) is -0.226. The lowest BCUT2D eigenvalue weighted by Crippen LogP contribution is -2.37. The van der Waals surface area contributed by atoms with Crippen LogP contribution in [0.2, 0.25) is 0 Å². The van der Waals surface area contributed by atoms with Crippen LogP contribution in [0.1, 0.15) is 24.8 Å². The number of thiocarbonyl (C=S) groups is 1. The normalized spacial score (nSPS) is 26.6. The highest BCUT2D eigenvalue weighted by Gasteiger charge is 2.35. The van der Waals surface area contributed by atoms with Crippen molar-refractivity contribution in [1.29, 1.82) is 0 Å². The third-order valence-electron chi connectivity index (χ3n) is 4.72. The predicted molar refractivity (Wildman–Crippen MR) is 83.7 cm³/mol. The molecule has 0 saturated carbocycles. The number of likely N-dealkylation sites (N-methyl/N-ethyl adjacent to an activating group) is 1. The van der Waals surface area contributed by atoms with Crippen molar-refractivity contribution in [3.8, 4) is 0 Å². The molecule has 3 rings (SSSR count). The molecule has 108 valence electrons. The van der Waals surface area contributed by atoms with Crippen LogP contribution in [-0.4, -0.2) is 42.1 Å². The number of nitrogens with zero attached hydrogens (tertiary/aromatic N) is 2. The second kappa shape index (κ2) is 5.30. The molecular weight excluding hydrogens is 273 g/mol. The van der Waals surface area contributed by atoms with Crippen LogP contribution in [0.15, 0.2) is 18.2 Å². The van der Waals surface area contributed by atoms with Crippen molar-refractivity contribution >= 4 is 22.9 Å². The summed E-state index contributed by atoms with van der Waals surface area (Å²) in [5.41, 5.74) is 6.81. The molecule has 2 bridgehead atoms. The lowest BCUT2D eigenvalue weighted by molar-refractivity contribution is 0.254. The molecule has 0 spiro atoms. The fourth-order valence-corrected chi connectivity index (χ4v) is 3.57. The Hall–Kier alpha value is -1.20. The number of fused-ring (bicyclic) bond motifs is 2. The van der Waals surface area contributed by atoms with E-state index in [0.29, 0.717) is 23.3 Å². The van der Waals surface area contributed by atoms with Gasteiger partial charge < -0.3 is 10.6 Å². The Morgan fingerprint density at radius 1 is 1.30 bits per heavy atom. The van der Waals surface area contributed by atoms with Gasteiger partial charge in [-0.1, -0.05) is 12.2 Å². The van der Waals surface area contributed by atoms with Gasteiger partial charge in [-0.25, -0.2) is 4.39 Å². The first-order chi connectivity index (χ1) is 9.56. The van der Waals surface area contributed by atoms with Gasteiger partial charge in [0.2, 0.25) is 0 Å². The summed E-state index contributed by atoms with van der Waals surface area (Å²) >= 11 is 4.89. The zero-order chi connectivity index (χ0) is 14.3. The molecule has 0 aliphatic carbocycles. The van der Waals surface area contributed by atoms with Gasteiger partial charge in [0.25, 0.3) is 0 Å². The molecule has 3 nitrogen and oxygen atoms in total. The highest BCUT2D eigenvalue weighted by Crippen LogP contribution is 2.31. The summed E-state index contributed by atoms with van der Waals surface area (Å²) in [6, 6.07) is 6.27. The van der Waals surface area contributed by atoms with Gasteiger partial charge >= 0.3 is 0 Å². The van der Waals surface area contributed by atoms with Crippen molar-refractivity contribution in [3.63, 3.8) is 0 Å². The standard InChI is InChI=1S/C15H20FN3S/c1-18-11-3-4-12(18)9-19(7-6-11)14-5-2-10(15(17)20)8-13(14)16/h2,5,8,11-12H,3-4,6-7,9H2,1H3,(H2,17,20). The molecule has 0 aromatic heterocycles. The highest BCUT2D eigenvalue weighted by atomic mass is 32.1. The molecule has 2 unspecified atom stereocenters. The van der Waals surface area contributed by atoms with E-state index in [1.165, 1.54) is 18.9 Å². The molecule has 0 radical (unpaired) electrons. The summed E-state index contributed by atoms with van der Waals surface area (Å²) in [4.78, 5) is 4.87. The quantitative estimate of drug-likeness (QED) is 0.847. The van der Waals surface area contributed by atoms with E-state index in [4.69, 9.17) is 18.0 Å². The van der Waals surface area contributed by atoms with Gasteiger partial charge in [0, 0.05) is 30.7 Å². The minimum Gasteiger partial charge on any atom is -0.389 e. The van der Waals surface area contributed by atoms with E-state index in [9.17, 15) is 4.39 Å². The van der Waals surface area contributed by atoms with E-state index < -0.39 is 0 Å². The minimum atomic E-state index is -0.226. The Kier molecular flexibility index (Phi) is 3.65. The first kappa shape index (κ1) is 13.8. The third kappa shape index (κ3) is 2.40. The topological polar surface area (TPSA) is 32.5 Å². The molecule has 20 heavy (non-hydrogen) atoms. The summed E-state index contributed by atoms with van der Waals surface area (Å²) in [7, 11) is 2.19. The van der Waals surface area contributed by atoms with Crippen LogP contribution >= 0.6 is 12.2 Å². The Labute approximate surface area is 124 Å². The van der Waals surface area contributed by atoms with Gasteiger partial charge in [-0.2, -0.15) is 0 Å². The molecule has 2 saturated heterocycles.